The van der Waals surface area contributed by atoms with E-state index in [2.05, 4.69) is 10.2 Å². The largest absolute Gasteiger partial charge is 0.374 e. The number of ether oxygens (including phenoxy) is 1. The molecule has 0 amide bonds. The van der Waals surface area contributed by atoms with Gasteiger partial charge in [0.25, 0.3) is 0 Å². The molecule has 2 saturated heterocycles. The lowest BCUT2D eigenvalue weighted by atomic mass is 10.1. The zero-order chi connectivity index (χ0) is 14.7. The van der Waals surface area contributed by atoms with E-state index in [0.717, 1.165) is 25.3 Å². The van der Waals surface area contributed by atoms with Gasteiger partial charge >= 0.3 is 0 Å². The van der Waals surface area contributed by atoms with E-state index in [1.807, 2.05) is 6.07 Å². The summed E-state index contributed by atoms with van der Waals surface area (Å²) in [4.78, 5) is 2.51. The van der Waals surface area contributed by atoms with Gasteiger partial charge in [-0.1, -0.05) is 0 Å². The van der Waals surface area contributed by atoms with Gasteiger partial charge in [-0.15, -0.1) is 0 Å². The number of nitriles is 1. The molecule has 3 rings (SSSR count). The molecule has 4 nitrogen and oxygen atoms in total. The van der Waals surface area contributed by atoms with Crippen molar-refractivity contribution in [3.8, 4) is 6.07 Å². The lowest BCUT2D eigenvalue weighted by molar-refractivity contribution is -0.0470. The number of rotatable bonds is 4. The summed E-state index contributed by atoms with van der Waals surface area (Å²) in [6.45, 7) is 4.28. The van der Waals surface area contributed by atoms with Crippen LogP contribution in [0.25, 0.3) is 0 Å². The Kier molecular flexibility index (Phi) is 4.49. The first-order chi connectivity index (χ1) is 10.2. The highest BCUT2D eigenvalue weighted by atomic mass is 19.1. The third kappa shape index (κ3) is 3.59. The molecule has 0 aromatic heterocycles. The van der Waals surface area contributed by atoms with Gasteiger partial charge in [-0.2, -0.15) is 5.26 Å². The van der Waals surface area contributed by atoms with Crippen LogP contribution >= 0.6 is 0 Å². The topological polar surface area (TPSA) is 48.3 Å². The Morgan fingerprint density at radius 2 is 2.33 bits per heavy atom. The van der Waals surface area contributed by atoms with Gasteiger partial charge in [0.05, 0.1) is 24.3 Å². The van der Waals surface area contributed by atoms with Gasteiger partial charge in [0.2, 0.25) is 0 Å². The molecule has 0 saturated carbocycles. The van der Waals surface area contributed by atoms with Gasteiger partial charge < -0.3 is 10.1 Å². The lowest BCUT2D eigenvalue weighted by Crippen LogP contribution is -2.49. The zero-order valence-corrected chi connectivity index (χ0v) is 12.0. The van der Waals surface area contributed by atoms with Gasteiger partial charge in [0.15, 0.2) is 0 Å². The third-order valence-electron chi connectivity index (χ3n) is 4.25. The molecule has 0 aliphatic carbocycles. The first-order valence-electron chi connectivity index (χ1n) is 7.50. The first kappa shape index (κ1) is 14.5. The van der Waals surface area contributed by atoms with Gasteiger partial charge in [0.1, 0.15) is 5.82 Å². The summed E-state index contributed by atoms with van der Waals surface area (Å²) in [7, 11) is 0. The molecule has 0 bridgehead atoms. The quantitative estimate of drug-likeness (QED) is 0.915. The summed E-state index contributed by atoms with van der Waals surface area (Å²) in [5.41, 5.74) is 1.15. The molecule has 112 valence electrons. The molecule has 1 N–H and O–H groups in total. The summed E-state index contributed by atoms with van der Waals surface area (Å²) in [5.74, 6) is -0.361. The smallest absolute Gasteiger partial charge is 0.124 e. The molecule has 2 atom stereocenters. The van der Waals surface area contributed by atoms with E-state index in [1.165, 1.54) is 31.5 Å². The molecule has 21 heavy (non-hydrogen) atoms. The van der Waals surface area contributed by atoms with E-state index in [1.54, 1.807) is 6.07 Å². The Morgan fingerprint density at radius 1 is 1.43 bits per heavy atom. The van der Waals surface area contributed by atoms with Crippen molar-refractivity contribution in [2.75, 3.05) is 26.2 Å². The normalized spacial score (nSPS) is 25.5. The Balaban J connectivity index is 1.48. The number of morpholine rings is 1. The van der Waals surface area contributed by atoms with E-state index in [4.69, 9.17) is 10.00 Å². The van der Waals surface area contributed by atoms with E-state index in [0.29, 0.717) is 18.2 Å². The molecular formula is C16H20FN3O. The molecular weight excluding hydrogens is 269 g/mol. The van der Waals surface area contributed by atoms with E-state index in [-0.39, 0.29) is 11.9 Å². The van der Waals surface area contributed by atoms with Crippen molar-refractivity contribution < 1.29 is 9.13 Å². The Hall–Kier alpha value is -1.48. The van der Waals surface area contributed by atoms with Gasteiger partial charge in [-0.25, -0.2) is 4.39 Å². The minimum Gasteiger partial charge on any atom is -0.374 e. The van der Waals surface area contributed by atoms with Crippen LogP contribution in [0.3, 0.4) is 0 Å². The van der Waals surface area contributed by atoms with Crippen LogP contribution in [0, 0.1) is 17.1 Å². The van der Waals surface area contributed by atoms with E-state index in [9.17, 15) is 4.39 Å². The average Bonchev–Trinajstić information content (AvgIpc) is 2.94. The Labute approximate surface area is 124 Å². The Morgan fingerprint density at radius 3 is 3.19 bits per heavy atom. The van der Waals surface area contributed by atoms with E-state index >= 15 is 0 Å². The van der Waals surface area contributed by atoms with Gasteiger partial charge in [-0.3, -0.25) is 4.90 Å². The molecule has 5 heteroatoms. The van der Waals surface area contributed by atoms with Crippen molar-refractivity contribution in [2.24, 2.45) is 0 Å². The summed E-state index contributed by atoms with van der Waals surface area (Å²) in [6.07, 6.45) is 2.72. The van der Waals surface area contributed by atoms with Crippen LogP contribution in [-0.2, 0) is 11.3 Å². The summed E-state index contributed by atoms with van der Waals surface area (Å²) in [5, 5.41) is 12.1. The second kappa shape index (κ2) is 6.52. The van der Waals surface area contributed by atoms with Crippen LogP contribution in [0.4, 0.5) is 4.39 Å². The summed E-state index contributed by atoms with van der Waals surface area (Å²) >= 11 is 0. The van der Waals surface area contributed by atoms with Crippen molar-refractivity contribution in [3.63, 3.8) is 0 Å². The molecule has 2 aliphatic heterocycles. The fourth-order valence-electron chi connectivity index (χ4n) is 3.20. The number of halogens is 1. The van der Waals surface area contributed by atoms with Crippen molar-refractivity contribution >= 4 is 0 Å². The maximum Gasteiger partial charge on any atom is 0.124 e. The van der Waals surface area contributed by atoms with Gasteiger partial charge in [0, 0.05) is 25.7 Å². The predicted molar refractivity (Wildman–Crippen MR) is 77.2 cm³/mol. The van der Waals surface area contributed by atoms with Crippen LogP contribution in [0.5, 0.6) is 0 Å². The highest BCUT2D eigenvalue weighted by molar-refractivity contribution is 5.33. The molecule has 2 heterocycles. The molecule has 0 spiro atoms. The van der Waals surface area contributed by atoms with Crippen molar-refractivity contribution in [1.82, 2.24) is 10.2 Å². The highest BCUT2D eigenvalue weighted by Crippen LogP contribution is 2.22. The van der Waals surface area contributed by atoms with E-state index < -0.39 is 0 Å². The fraction of sp³-hybridized carbons (Fsp3) is 0.562. The average molecular weight is 289 g/mol. The minimum absolute atomic E-state index is 0.198. The molecule has 1 aromatic carbocycles. The minimum atomic E-state index is -0.361. The highest BCUT2D eigenvalue weighted by Gasteiger charge is 2.31. The Bertz CT molecular complexity index is 543. The van der Waals surface area contributed by atoms with Gasteiger partial charge in [-0.05, 0) is 43.1 Å². The number of fused-ring (bicyclic) bond motifs is 1. The molecule has 0 radical (unpaired) electrons. The fourth-order valence-corrected chi connectivity index (χ4v) is 3.20. The number of nitrogens with zero attached hydrogens (tertiary/aromatic N) is 2. The van der Waals surface area contributed by atoms with Crippen molar-refractivity contribution in [2.45, 2.75) is 31.5 Å². The first-order valence-corrected chi connectivity index (χ1v) is 7.50. The van der Waals surface area contributed by atoms with Crippen LogP contribution < -0.4 is 5.32 Å². The maximum atomic E-state index is 13.3. The van der Waals surface area contributed by atoms with Crippen LogP contribution in [0.2, 0.25) is 0 Å². The summed E-state index contributed by atoms with van der Waals surface area (Å²) in [6, 6.07) is 7.02. The molecule has 1 aromatic rings. The van der Waals surface area contributed by atoms with Crippen LogP contribution in [0.1, 0.15) is 24.0 Å². The summed E-state index contributed by atoms with van der Waals surface area (Å²) < 4.78 is 19.2. The van der Waals surface area contributed by atoms with Crippen molar-refractivity contribution in [1.29, 1.82) is 5.26 Å². The number of hydrogen-bond donors (Lipinski definition) is 1. The molecule has 2 aliphatic rings. The second-order valence-corrected chi connectivity index (χ2v) is 5.84. The molecule has 2 unspecified atom stereocenters. The van der Waals surface area contributed by atoms with Crippen molar-refractivity contribution in [3.05, 3.63) is 35.1 Å². The second-order valence-electron chi connectivity index (χ2n) is 5.84. The number of hydrogen-bond acceptors (Lipinski definition) is 4. The lowest BCUT2D eigenvalue weighted by Gasteiger charge is -2.35. The number of benzene rings is 1. The maximum absolute atomic E-state index is 13.3. The predicted octanol–water partition coefficient (Wildman–Crippen LogP) is 1.65. The SMILES string of the molecule is N#Cc1cc(F)cc(CNCC2CN3CCCC3CO2)c1. The zero-order valence-electron chi connectivity index (χ0n) is 12.0. The number of nitrogens with one attached hydrogen (secondary N) is 1. The standard InChI is InChI=1S/C16H20FN3O/c17-14-5-12(7-18)4-13(6-14)8-19-9-16-10-20-3-1-2-15(20)11-21-16/h4-6,15-16,19H,1-3,8-11H2. The van der Waals surface area contributed by atoms with Crippen LogP contribution in [0.15, 0.2) is 18.2 Å². The third-order valence-corrected chi connectivity index (χ3v) is 4.25. The van der Waals surface area contributed by atoms with Crippen LogP contribution in [-0.4, -0.2) is 43.3 Å². The molecule has 2 fully saturated rings. The monoisotopic (exact) mass is 289 g/mol.